The van der Waals surface area contributed by atoms with Crippen molar-refractivity contribution in [2.75, 3.05) is 19.6 Å². The molecule has 0 spiro atoms. The van der Waals surface area contributed by atoms with Gasteiger partial charge in [-0.25, -0.2) is 0 Å². The largest absolute Gasteiger partial charge is 0.334 e. The minimum absolute atomic E-state index is 0.109. The van der Waals surface area contributed by atoms with Crippen LogP contribution in [0.5, 0.6) is 0 Å². The Bertz CT molecular complexity index is 569. The molecule has 1 aromatic rings. The zero-order valence-electron chi connectivity index (χ0n) is 12.5. The molecular formula is C16H23N3O2. The number of likely N-dealkylation sites (N-methyl/N-ethyl adjacent to an activating group) is 1. The first kappa shape index (κ1) is 14.3. The molecule has 2 aliphatic rings. The van der Waals surface area contributed by atoms with Crippen LogP contribution in [0.3, 0.4) is 0 Å². The molecule has 0 saturated carbocycles. The van der Waals surface area contributed by atoms with E-state index in [1.165, 1.54) is 6.42 Å². The molecule has 2 aliphatic heterocycles. The van der Waals surface area contributed by atoms with Crippen molar-refractivity contribution in [1.29, 1.82) is 0 Å². The van der Waals surface area contributed by atoms with Crippen LogP contribution in [-0.4, -0.2) is 52.4 Å². The summed E-state index contributed by atoms with van der Waals surface area (Å²) < 4.78 is 0. The number of hydrogen-bond acceptors (Lipinski definition) is 3. The first-order valence-corrected chi connectivity index (χ1v) is 7.95. The summed E-state index contributed by atoms with van der Waals surface area (Å²) >= 11 is 0. The number of H-pyrrole nitrogens is 1. The number of nitrogens with one attached hydrogen (secondary N) is 1. The van der Waals surface area contributed by atoms with E-state index in [-0.39, 0.29) is 23.1 Å². The molecule has 2 saturated heterocycles. The molecule has 0 aromatic carbocycles. The topological polar surface area (TPSA) is 56.4 Å². The van der Waals surface area contributed by atoms with Crippen LogP contribution >= 0.6 is 0 Å². The summed E-state index contributed by atoms with van der Waals surface area (Å²) in [5, 5.41) is 0. The Morgan fingerprint density at radius 1 is 1.29 bits per heavy atom. The SMILES string of the molecule is CCN1CCC[C@H]1[C@@H]1CCCN1C(=O)c1ccc[nH]c1=O. The quantitative estimate of drug-likeness (QED) is 0.916. The number of nitrogens with zero attached hydrogens (tertiary/aromatic N) is 2. The maximum absolute atomic E-state index is 12.7. The normalized spacial score (nSPS) is 26.4. The van der Waals surface area contributed by atoms with E-state index < -0.39 is 0 Å². The summed E-state index contributed by atoms with van der Waals surface area (Å²) in [5.74, 6) is -0.109. The van der Waals surface area contributed by atoms with Crippen molar-refractivity contribution < 1.29 is 4.79 Å². The molecule has 3 heterocycles. The molecule has 0 unspecified atom stereocenters. The lowest BCUT2D eigenvalue weighted by Gasteiger charge is -2.34. The smallest absolute Gasteiger partial charge is 0.260 e. The minimum Gasteiger partial charge on any atom is -0.334 e. The van der Waals surface area contributed by atoms with Gasteiger partial charge in [-0.1, -0.05) is 6.92 Å². The highest BCUT2D eigenvalue weighted by molar-refractivity contribution is 5.94. The Balaban J connectivity index is 1.82. The molecular weight excluding hydrogens is 266 g/mol. The third-order valence-corrected chi connectivity index (χ3v) is 4.87. The molecule has 0 radical (unpaired) electrons. The molecule has 0 bridgehead atoms. The Morgan fingerprint density at radius 2 is 2.05 bits per heavy atom. The van der Waals surface area contributed by atoms with E-state index in [1.807, 2.05) is 4.90 Å². The van der Waals surface area contributed by atoms with Gasteiger partial charge in [0.1, 0.15) is 5.56 Å². The second-order valence-electron chi connectivity index (χ2n) is 5.96. The third-order valence-electron chi connectivity index (χ3n) is 4.87. The Hall–Kier alpha value is -1.62. The minimum atomic E-state index is -0.285. The number of pyridine rings is 1. The van der Waals surface area contributed by atoms with Gasteiger partial charge in [-0.05, 0) is 50.9 Å². The second kappa shape index (κ2) is 6.02. The van der Waals surface area contributed by atoms with Gasteiger partial charge in [-0.15, -0.1) is 0 Å². The van der Waals surface area contributed by atoms with Gasteiger partial charge in [0, 0.05) is 24.8 Å². The maximum atomic E-state index is 12.7. The highest BCUT2D eigenvalue weighted by Gasteiger charge is 2.39. The van der Waals surface area contributed by atoms with Crippen LogP contribution in [0.15, 0.2) is 23.1 Å². The van der Waals surface area contributed by atoms with Crippen molar-refractivity contribution in [3.63, 3.8) is 0 Å². The molecule has 5 heteroatoms. The van der Waals surface area contributed by atoms with Gasteiger partial charge >= 0.3 is 0 Å². The zero-order valence-corrected chi connectivity index (χ0v) is 12.5. The summed E-state index contributed by atoms with van der Waals surface area (Å²) in [7, 11) is 0. The first-order valence-electron chi connectivity index (χ1n) is 7.95. The fourth-order valence-corrected chi connectivity index (χ4v) is 3.87. The lowest BCUT2D eigenvalue weighted by atomic mass is 10.0. The lowest BCUT2D eigenvalue weighted by molar-refractivity contribution is 0.0648. The van der Waals surface area contributed by atoms with Gasteiger partial charge in [0.2, 0.25) is 0 Å². The molecule has 21 heavy (non-hydrogen) atoms. The van der Waals surface area contributed by atoms with Crippen molar-refractivity contribution in [3.05, 3.63) is 34.2 Å². The van der Waals surface area contributed by atoms with Crippen molar-refractivity contribution in [3.8, 4) is 0 Å². The van der Waals surface area contributed by atoms with Crippen molar-refractivity contribution >= 4 is 5.91 Å². The second-order valence-corrected chi connectivity index (χ2v) is 5.96. The van der Waals surface area contributed by atoms with Crippen LogP contribution in [0, 0.1) is 0 Å². The van der Waals surface area contributed by atoms with E-state index >= 15 is 0 Å². The molecule has 1 aromatic heterocycles. The molecule has 1 N–H and O–H groups in total. The molecule has 1 amide bonds. The Morgan fingerprint density at radius 3 is 2.81 bits per heavy atom. The average molecular weight is 289 g/mol. The Labute approximate surface area is 124 Å². The van der Waals surface area contributed by atoms with Crippen LogP contribution in [0.2, 0.25) is 0 Å². The summed E-state index contributed by atoms with van der Waals surface area (Å²) in [6.45, 7) is 5.12. The average Bonchev–Trinajstić information content (AvgIpc) is 3.15. The van der Waals surface area contributed by atoms with Crippen LogP contribution < -0.4 is 5.56 Å². The third kappa shape index (κ3) is 2.62. The predicted octanol–water partition coefficient (Wildman–Crippen LogP) is 1.46. The molecule has 0 aliphatic carbocycles. The highest BCUT2D eigenvalue weighted by atomic mass is 16.2. The van der Waals surface area contributed by atoms with Gasteiger partial charge in [0.05, 0.1) is 0 Å². The first-order chi connectivity index (χ1) is 10.2. The predicted molar refractivity (Wildman–Crippen MR) is 81.4 cm³/mol. The van der Waals surface area contributed by atoms with E-state index in [1.54, 1.807) is 18.3 Å². The van der Waals surface area contributed by atoms with Crippen LogP contribution in [0.4, 0.5) is 0 Å². The number of aromatic nitrogens is 1. The Kier molecular flexibility index (Phi) is 4.10. The fourth-order valence-electron chi connectivity index (χ4n) is 3.87. The lowest BCUT2D eigenvalue weighted by Crippen LogP contribution is -2.49. The zero-order chi connectivity index (χ0) is 14.8. The van der Waals surface area contributed by atoms with Crippen molar-refractivity contribution in [2.45, 2.75) is 44.7 Å². The summed E-state index contributed by atoms with van der Waals surface area (Å²) in [6.07, 6.45) is 6.03. The molecule has 2 fully saturated rings. The molecule has 114 valence electrons. The summed E-state index contributed by atoms with van der Waals surface area (Å²) in [4.78, 5) is 31.6. The number of carbonyl (C=O) groups is 1. The van der Waals surface area contributed by atoms with Crippen LogP contribution in [0.1, 0.15) is 43.0 Å². The number of rotatable bonds is 3. The number of hydrogen-bond donors (Lipinski definition) is 1. The van der Waals surface area contributed by atoms with Crippen molar-refractivity contribution in [1.82, 2.24) is 14.8 Å². The van der Waals surface area contributed by atoms with Crippen LogP contribution in [-0.2, 0) is 0 Å². The maximum Gasteiger partial charge on any atom is 0.260 e. The van der Waals surface area contributed by atoms with Gasteiger partial charge in [0.15, 0.2) is 0 Å². The van der Waals surface area contributed by atoms with Crippen molar-refractivity contribution in [2.24, 2.45) is 0 Å². The van der Waals surface area contributed by atoms with Gasteiger partial charge in [-0.3, -0.25) is 14.5 Å². The number of likely N-dealkylation sites (tertiary alicyclic amines) is 2. The number of aromatic amines is 1. The molecule has 2 atom stereocenters. The summed E-state index contributed by atoms with van der Waals surface area (Å²) in [6, 6.07) is 4.07. The van der Waals surface area contributed by atoms with E-state index in [4.69, 9.17) is 0 Å². The summed E-state index contributed by atoms with van der Waals surface area (Å²) in [5.41, 5.74) is -0.0163. The molecule has 5 nitrogen and oxygen atoms in total. The van der Waals surface area contributed by atoms with Gasteiger partial charge in [-0.2, -0.15) is 0 Å². The fraction of sp³-hybridized carbons (Fsp3) is 0.625. The molecule has 3 rings (SSSR count). The number of amides is 1. The van der Waals surface area contributed by atoms with E-state index in [9.17, 15) is 9.59 Å². The van der Waals surface area contributed by atoms with E-state index in [0.29, 0.717) is 6.04 Å². The standard InChI is InChI=1S/C16H23N3O2/c1-2-18-10-4-7-13(18)14-8-5-11-19(14)16(21)12-6-3-9-17-15(12)20/h3,6,9,13-14H,2,4-5,7-8,10-11H2,1H3,(H,17,20)/t13-,14-/m0/s1. The van der Waals surface area contributed by atoms with Gasteiger partial charge < -0.3 is 9.88 Å². The highest BCUT2D eigenvalue weighted by Crippen LogP contribution is 2.30. The van der Waals surface area contributed by atoms with Gasteiger partial charge in [0.25, 0.3) is 11.5 Å². The van der Waals surface area contributed by atoms with Crippen LogP contribution in [0.25, 0.3) is 0 Å². The number of carbonyl (C=O) groups excluding carboxylic acids is 1. The van der Waals surface area contributed by atoms with E-state index in [0.717, 1.165) is 38.9 Å². The monoisotopic (exact) mass is 289 g/mol. The van der Waals surface area contributed by atoms with E-state index in [2.05, 4.69) is 16.8 Å².